The van der Waals surface area contributed by atoms with E-state index in [0.717, 1.165) is 0 Å². The topological polar surface area (TPSA) is 3.24 Å². The van der Waals surface area contributed by atoms with Gasteiger partial charge in [-0.05, 0) is 30.7 Å². The van der Waals surface area contributed by atoms with Crippen LogP contribution in [0.15, 0.2) is 36.4 Å². The second-order valence-electron chi connectivity index (χ2n) is 4.65. The van der Waals surface area contributed by atoms with E-state index in [-0.39, 0.29) is 0 Å². The Hall–Kier alpha value is -1.50. The number of benzene rings is 2. The van der Waals surface area contributed by atoms with Gasteiger partial charge in [-0.2, -0.15) is 0 Å². The van der Waals surface area contributed by atoms with Crippen LogP contribution in [-0.4, -0.2) is 13.1 Å². The Balaban J connectivity index is 2.23. The van der Waals surface area contributed by atoms with Gasteiger partial charge in [0, 0.05) is 24.2 Å². The standard InChI is InChI=1S/C15H17N/c1-12-8-9-13-6-2-3-7-14(13)15(12)16-10-4-5-11-16/h2-3,6-9H,4-5,10-11H2,1H3. The van der Waals surface area contributed by atoms with Gasteiger partial charge in [0.15, 0.2) is 0 Å². The SMILES string of the molecule is Cc1ccc2ccccc2c1N1CCCC1. The first-order valence-electron chi connectivity index (χ1n) is 6.09. The molecule has 1 aliphatic heterocycles. The molecular formula is C15H17N. The Bertz CT molecular complexity index is 510. The summed E-state index contributed by atoms with van der Waals surface area (Å²) in [5.41, 5.74) is 2.86. The van der Waals surface area contributed by atoms with Gasteiger partial charge in [-0.15, -0.1) is 0 Å². The molecule has 0 spiro atoms. The fraction of sp³-hybridized carbons (Fsp3) is 0.333. The average Bonchev–Trinajstić information content (AvgIpc) is 2.82. The molecule has 0 bridgehead atoms. The van der Waals surface area contributed by atoms with Crippen LogP contribution in [-0.2, 0) is 0 Å². The van der Waals surface area contributed by atoms with Crippen LogP contribution in [0.1, 0.15) is 18.4 Å². The summed E-state index contributed by atoms with van der Waals surface area (Å²) in [5, 5.41) is 2.76. The van der Waals surface area contributed by atoms with Gasteiger partial charge in [0.2, 0.25) is 0 Å². The minimum atomic E-state index is 1.22. The summed E-state index contributed by atoms with van der Waals surface area (Å²) < 4.78 is 0. The summed E-state index contributed by atoms with van der Waals surface area (Å²) in [6.45, 7) is 4.66. The van der Waals surface area contributed by atoms with E-state index in [1.54, 1.807) is 0 Å². The summed E-state index contributed by atoms with van der Waals surface area (Å²) in [7, 11) is 0. The number of aryl methyl sites for hydroxylation is 1. The van der Waals surface area contributed by atoms with E-state index in [1.807, 2.05) is 0 Å². The van der Waals surface area contributed by atoms with Crippen molar-refractivity contribution < 1.29 is 0 Å². The number of rotatable bonds is 1. The van der Waals surface area contributed by atoms with Crippen LogP contribution in [0.3, 0.4) is 0 Å². The smallest absolute Gasteiger partial charge is 0.0475 e. The molecule has 0 atom stereocenters. The Morgan fingerprint density at radius 2 is 1.69 bits per heavy atom. The Morgan fingerprint density at radius 1 is 0.938 bits per heavy atom. The molecule has 1 fully saturated rings. The van der Waals surface area contributed by atoms with Crippen LogP contribution in [0.5, 0.6) is 0 Å². The molecule has 0 aromatic heterocycles. The highest BCUT2D eigenvalue weighted by molar-refractivity contribution is 5.96. The fourth-order valence-electron chi connectivity index (χ4n) is 2.72. The molecule has 0 saturated carbocycles. The predicted octanol–water partition coefficient (Wildman–Crippen LogP) is 3.75. The number of nitrogens with zero attached hydrogens (tertiary/aromatic N) is 1. The molecule has 0 aliphatic carbocycles. The monoisotopic (exact) mass is 211 g/mol. The highest BCUT2D eigenvalue weighted by atomic mass is 15.1. The van der Waals surface area contributed by atoms with E-state index in [0.29, 0.717) is 0 Å². The molecule has 1 heterocycles. The van der Waals surface area contributed by atoms with E-state index in [9.17, 15) is 0 Å². The second-order valence-corrected chi connectivity index (χ2v) is 4.65. The molecule has 1 aliphatic rings. The maximum absolute atomic E-state index is 2.54. The number of anilines is 1. The quantitative estimate of drug-likeness (QED) is 0.694. The van der Waals surface area contributed by atoms with Crippen molar-refractivity contribution in [2.45, 2.75) is 19.8 Å². The van der Waals surface area contributed by atoms with Crippen molar-refractivity contribution in [2.24, 2.45) is 0 Å². The molecule has 2 aromatic rings. The summed E-state index contributed by atoms with van der Waals surface area (Å²) in [5.74, 6) is 0. The van der Waals surface area contributed by atoms with Crippen molar-refractivity contribution in [3.8, 4) is 0 Å². The van der Waals surface area contributed by atoms with Crippen molar-refractivity contribution >= 4 is 16.5 Å². The van der Waals surface area contributed by atoms with Gasteiger partial charge in [0.25, 0.3) is 0 Å². The molecular weight excluding hydrogens is 194 g/mol. The van der Waals surface area contributed by atoms with Gasteiger partial charge in [-0.1, -0.05) is 36.4 Å². The Kier molecular flexibility index (Phi) is 2.32. The van der Waals surface area contributed by atoms with E-state index < -0.39 is 0 Å². The summed E-state index contributed by atoms with van der Waals surface area (Å²) in [4.78, 5) is 2.54. The maximum Gasteiger partial charge on any atom is 0.0475 e. The zero-order chi connectivity index (χ0) is 11.0. The predicted molar refractivity (Wildman–Crippen MR) is 70.1 cm³/mol. The summed E-state index contributed by atoms with van der Waals surface area (Å²) >= 11 is 0. The summed E-state index contributed by atoms with van der Waals surface area (Å²) in [6.07, 6.45) is 2.67. The number of hydrogen-bond donors (Lipinski definition) is 0. The van der Waals surface area contributed by atoms with Gasteiger partial charge in [0.1, 0.15) is 0 Å². The van der Waals surface area contributed by atoms with Crippen molar-refractivity contribution in [3.63, 3.8) is 0 Å². The average molecular weight is 211 g/mol. The third kappa shape index (κ3) is 1.47. The van der Waals surface area contributed by atoms with Crippen LogP contribution in [0.25, 0.3) is 10.8 Å². The van der Waals surface area contributed by atoms with Crippen LogP contribution >= 0.6 is 0 Å². The van der Waals surface area contributed by atoms with Crippen molar-refractivity contribution in [3.05, 3.63) is 42.0 Å². The van der Waals surface area contributed by atoms with Gasteiger partial charge < -0.3 is 4.90 Å². The molecule has 2 aromatic carbocycles. The lowest BCUT2D eigenvalue weighted by atomic mass is 10.0. The Morgan fingerprint density at radius 3 is 2.50 bits per heavy atom. The normalized spacial score (nSPS) is 15.9. The molecule has 16 heavy (non-hydrogen) atoms. The molecule has 0 unspecified atom stereocenters. The fourth-order valence-corrected chi connectivity index (χ4v) is 2.72. The third-order valence-electron chi connectivity index (χ3n) is 3.52. The van der Waals surface area contributed by atoms with Crippen molar-refractivity contribution in [1.29, 1.82) is 0 Å². The van der Waals surface area contributed by atoms with Crippen LogP contribution in [0.2, 0.25) is 0 Å². The van der Waals surface area contributed by atoms with E-state index in [2.05, 4.69) is 48.2 Å². The largest absolute Gasteiger partial charge is 0.371 e. The molecule has 82 valence electrons. The lowest BCUT2D eigenvalue weighted by Gasteiger charge is -2.22. The van der Waals surface area contributed by atoms with Crippen molar-refractivity contribution in [1.82, 2.24) is 0 Å². The van der Waals surface area contributed by atoms with Crippen molar-refractivity contribution in [2.75, 3.05) is 18.0 Å². The lowest BCUT2D eigenvalue weighted by Crippen LogP contribution is -2.18. The summed E-state index contributed by atoms with van der Waals surface area (Å²) in [6, 6.07) is 13.2. The lowest BCUT2D eigenvalue weighted by molar-refractivity contribution is 0.949. The molecule has 0 amide bonds. The Labute approximate surface area is 96.7 Å². The van der Waals surface area contributed by atoms with Gasteiger partial charge in [-0.3, -0.25) is 0 Å². The molecule has 0 radical (unpaired) electrons. The first kappa shape index (κ1) is 9.71. The molecule has 3 rings (SSSR count). The zero-order valence-corrected chi connectivity index (χ0v) is 9.74. The number of hydrogen-bond acceptors (Lipinski definition) is 1. The minimum Gasteiger partial charge on any atom is -0.371 e. The van der Waals surface area contributed by atoms with Crippen LogP contribution in [0.4, 0.5) is 5.69 Å². The molecule has 1 saturated heterocycles. The highest BCUT2D eigenvalue weighted by Gasteiger charge is 2.16. The van der Waals surface area contributed by atoms with Gasteiger partial charge >= 0.3 is 0 Å². The first-order valence-corrected chi connectivity index (χ1v) is 6.09. The van der Waals surface area contributed by atoms with E-state index >= 15 is 0 Å². The zero-order valence-electron chi connectivity index (χ0n) is 9.74. The third-order valence-corrected chi connectivity index (χ3v) is 3.52. The van der Waals surface area contributed by atoms with E-state index in [1.165, 1.54) is 48.0 Å². The van der Waals surface area contributed by atoms with E-state index in [4.69, 9.17) is 0 Å². The van der Waals surface area contributed by atoms with Gasteiger partial charge in [-0.25, -0.2) is 0 Å². The maximum atomic E-state index is 2.54. The number of fused-ring (bicyclic) bond motifs is 1. The highest BCUT2D eigenvalue weighted by Crippen LogP contribution is 2.32. The van der Waals surface area contributed by atoms with Gasteiger partial charge in [0.05, 0.1) is 0 Å². The molecule has 1 nitrogen and oxygen atoms in total. The second kappa shape index (κ2) is 3.82. The van der Waals surface area contributed by atoms with Crippen LogP contribution in [0, 0.1) is 6.92 Å². The molecule has 1 heteroatoms. The molecule has 0 N–H and O–H groups in total. The first-order chi connectivity index (χ1) is 7.86. The minimum absolute atomic E-state index is 1.22. The van der Waals surface area contributed by atoms with Crippen LogP contribution < -0.4 is 4.90 Å².